The van der Waals surface area contributed by atoms with Gasteiger partial charge in [0.2, 0.25) is 0 Å². The molecule has 0 bridgehead atoms. The predicted molar refractivity (Wildman–Crippen MR) is 94.5 cm³/mol. The summed E-state index contributed by atoms with van der Waals surface area (Å²) in [5.41, 5.74) is -0.591. The number of aromatic nitrogens is 3. The van der Waals surface area contributed by atoms with Gasteiger partial charge in [0.25, 0.3) is 5.91 Å². The van der Waals surface area contributed by atoms with E-state index in [1.54, 1.807) is 18.2 Å². The Hall–Kier alpha value is -2.33. The minimum atomic E-state index is -4.49. The van der Waals surface area contributed by atoms with Crippen LogP contribution in [0.4, 0.5) is 13.2 Å². The fourth-order valence-corrected chi connectivity index (χ4v) is 2.99. The Morgan fingerprint density at radius 3 is 2.74 bits per heavy atom. The van der Waals surface area contributed by atoms with E-state index in [1.165, 1.54) is 10.5 Å². The lowest BCUT2D eigenvalue weighted by molar-refractivity contribution is -0.137. The zero-order valence-electron chi connectivity index (χ0n) is 13.4. The largest absolute Gasteiger partial charge is 0.483 e. The highest BCUT2D eigenvalue weighted by molar-refractivity contribution is 9.10. The highest BCUT2D eigenvalue weighted by Gasteiger charge is 2.31. The number of carbonyl (C=O) groups excluding carboxylic acids is 1. The molecule has 27 heavy (non-hydrogen) atoms. The molecule has 0 aliphatic heterocycles. The number of hydrogen-bond acceptors (Lipinski definition) is 4. The van der Waals surface area contributed by atoms with E-state index in [2.05, 4.69) is 31.4 Å². The first kappa shape index (κ1) is 19.4. The molecule has 0 unspecified atom stereocenters. The molecule has 0 spiro atoms. The summed E-state index contributed by atoms with van der Waals surface area (Å²) in [5.74, 6) is 0.120. The van der Waals surface area contributed by atoms with Gasteiger partial charge in [0.1, 0.15) is 5.75 Å². The fourth-order valence-electron chi connectivity index (χ4n) is 2.19. The van der Waals surface area contributed by atoms with Gasteiger partial charge in [0, 0.05) is 11.2 Å². The number of amides is 1. The maximum absolute atomic E-state index is 12.8. The van der Waals surface area contributed by atoms with Crippen molar-refractivity contribution in [2.75, 3.05) is 6.61 Å². The third-order valence-corrected chi connectivity index (χ3v) is 4.35. The van der Waals surface area contributed by atoms with Crippen molar-refractivity contribution in [3.63, 3.8) is 0 Å². The number of pyridine rings is 1. The number of benzene rings is 1. The molecule has 0 saturated heterocycles. The third-order valence-electron chi connectivity index (χ3n) is 3.50. The number of carbonyl (C=O) groups is 1. The second kappa shape index (κ2) is 7.73. The van der Waals surface area contributed by atoms with Crippen molar-refractivity contribution in [3.05, 3.63) is 57.4 Å². The van der Waals surface area contributed by atoms with E-state index in [0.717, 1.165) is 12.3 Å². The third kappa shape index (κ3) is 4.69. The molecular formula is C16H11BrClF3N4O2. The Bertz CT molecular complexity index is 993. The first-order valence-corrected chi connectivity index (χ1v) is 8.66. The van der Waals surface area contributed by atoms with Crippen LogP contribution in [-0.4, -0.2) is 27.1 Å². The van der Waals surface area contributed by atoms with Crippen LogP contribution in [0.25, 0.3) is 5.65 Å². The number of nitrogens with one attached hydrogen (secondary N) is 1. The molecule has 6 nitrogen and oxygen atoms in total. The van der Waals surface area contributed by atoms with Crippen molar-refractivity contribution in [2.45, 2.75) is 12.7 Å². The van der Waals surface area contributed by atoms with E-state index in [4.69, 9.17) is 16.3 Å². The molecule has 1 aromatic carbocycles. The summed E-state index contributed by atoms with van der Waals surface area (Å²) in [7, 11) is 0. The zero-order chi connectivity index (χ0) is 19.6. The van der Waals surface area contributed by atoms with Crippen LogP contribution >= 0.6 is 27.5 Å². The molecule has 3 aromatic rings. The van der Waals surface area contributed by atoms with E-state index >= 15 is 0 Å². The number of alkyl halides is 3. The number of ether oxygens (including phenoxy) is 1. The van der Waals surface area contributed by atoms with Gasteiger partial charge in [0.15, 0.2) is 18.1 Å². The molecule has 2 aromatic heterocycles. The molecule has 3 rings (SSSR count). The van der Waals surface area contributed by atoms with Crippen LogP contribution in [-0.2, 0) is 17.5 Å². The molecule has 0 radical (unpaired) electrons. The topological polar surface area (TPSA) is 68.5 Å². The Morgan fingerprint density at radius 2 is 2.04 bits per heavy atom. The van der Waals surface area contributed by atoms with E-state index in [9.17, 15) is 18.0 Å². The van der Waals surface area contributed by atoms with Gasteiger partial charge in [-0.2, -0.15) is 13.2 Å². The summed E-state index contributed by atoms with van der Waals surface area (Å²) in [6, 6.07) is 6.96. The molecule has 2 heterocycles. The lowest BCUT2D eigenvalue weighted by Gasteiger charge is -2.09. The standard InChI is InChI=1S/C16H11BrClF3N4O2/c17-11-5-10(18)2-3-12(11)27-8-15(26)22-6-14-24-23-13-4-1-9(7-25(13)14)16(19,20)21/h1-5,7H,6,8H2,(H,22,26). The molecule has 0 fully saturated rings. The van der Waals surface area contributed by atoms with Crippen molar-refractivity contribution in [3.8, 4) is 5.75 Å². The van der Waals surface area contributed by atoms with Gasteiger partial charge in [-0.1, -0.05) is 11.6 Å². The van der Waals surface area contributed by atoms with Gasteiger partial charge in [-0.3, -0.25) is 9.20 Å². The number of halogens is 5. The van der Waals surface area contributed by atoms with Gasteiger partial charge < -0.3 is 10.1 Å². The maximum atomic E-state index is 12.8. The smallest absolute Gasteiger partial charge is 0.417 e. The van der Waals surface area contributed by atoms with Crippen LogP contribution in [0.1, 0.15) is 11.4 Å². The minimum absolute atomic E-state index is 0.105. The minimum Gasteiger partial charge on any atom is -0.483 e. The molecule has 0 aliphatic rings. The monoisotopic (exact) mass is 462 g/mol. The Morgan fingerprint density at radius 1 is 1.26 bits per heavy atom. The van der Waals surface area contributed by atoms with Crippen molar-refractivity contribution in [1.29, 1.82) is 0 Å². The van der Waals surface area contributed by atoms with Crippen LogP contribution in [0.15, 0.2) is 41.0 Å². The highest BCUT2D eigenvalue weighted by Crippen LogP contribution is 2.29. The average molecular weight is 464 g/mol. The molecule has 1 amide bonds. The van der Waals surface area contributed by atoms with Crippen LogP contribution in [0.5, 0.6) is 5.75 Å². The first-order chi connectivity index (χ1) is 12.7. The highest BCUT2D eigenvalue weighted by atomic mass is 79.9. The van der Waals surface area contributed by atoms with Gasteiger partial charge in [-0.25, -0.2) is 0 Å². The van der Waals surface area contributed by atoms with Gasteiger partial charge in [-0.15, -0.1) is 10.2 Å². The second-order valence-electron chi connectivity index (χ2n) is 5.40. The molecule has 0 atom stereocenters. The summed E-state index contributed by atoms with van der Waals surface area (Å²) in [4.78, 5) is 11.9. The summed E-state index contributed by atoms with van der Waals surface area (Å²) in [5, 5.41) is 10.6. The lowest BCUT2D eigenvalue weighted by atomic mass is 10.3. The fraction of sp³-hybridized carbons (Fsp3) is 0.188. The van der Waals surface area contributed by atoms with E-state index in [0.29, 0.717) is 15.2 Å². The lowest BCUT2D eigenvalue weighted by Crippen LogP contribution is -2.29. The summed E-state index contributed by atoms with van der Waals surface area (Å²) in [6.45, 7) is -0.392. The summed E-state index contributed by atoms with van der Waals surface area (Å²) >= 11 is 9.09. The van der Waals surface area contributed by atoms with Crippen molar-refractivity contribution >= 4 is 39.1 Å². The summed E-state index contributed by atoms with van der Waals surface area (Å²) in [6.07, 6.45) is -3.60. The van der Waals surface area contributed by atoms with E-state index < -0.39 is 17.6 Å². The number of nitrogens with zero attached hydrogens (tertiary/aromatic N) is 3. The SMILES string of the molecule is O=C(COc1ccc(Cl)cc1Br)NCc1nnc2ccc(C(F)(F)F)cn12. The van der Waals surface area contributed by atoms with Crippen LogP contribution in [0.3, 0.4) is 0 Å². The normalized spacial score (nSPS) is 11.6. The average Bonchev–Trinajstić information content (AvgIpc) is 3.00. The Labute approximate surface area is 164 Å². The first-order valence-electron chi connectivity index (χ1n) is 7.49. The van der Waals surface area contributed by atoms with Gasteiger partial charge in [0.05, 0.1) is 16.6 Å². The zero-order valence-corrected chi connectivity index (χ0v) is 15.8. The summed E-state index contributed by atoms with van der Waals surface area (Å²) < 4.78 is 45.6. The van der Waals surface area contributed by atoms with Gasteiger partial charge in [-0.05, 0) is 46.3 Å². The van der Waals surface area contributed by atoms with Crippen molar-refractivity contribution in [1.82, 2.24) is 19.9 Å². The molecular weight excluding hydrogens is 453 g/mol. The molecule has 0 aliphatic carbocycles. The van der Waals surface area contributed by atoms with Crippen LogP contribution in [0, 0.1) is 0 Å². The van der Waals surface area contributed by atoms with Crippen LogP contribution < -0.4 is 10.1 Å². The van der Waals surface area contributed by atoms with Crippen molar-refractivity contribution in [2.24, 2.45) is 0 Å². The molecule has 0 saturated carbocycles. The Balaban J connectivity index is 1.63. The number of fused-ring (bicyclic) bond motifs is 1. The molecule has 142 valence electrons. The second-order valence-corrected chi connectivity index (χ2v) is 6.69. The predicted octanol–water partition coefficient (Wildman–Crippen LogP) is 3.86. The quantitative estimate of drug-likeness (QED) is 0.624. The number of hydrogen-bond donors (Lipinski definition) is 1. The Kier molecular flexibility index (Phi) is 5.56. The van der Waals surface area contributed by atoms with Crippen molar-refractivity contribution < 1.29 is 22.7 Å². The molecule has 11 heteroatoms. The number of rotatable bonds is 5. The van der Waals surface area contributed by atoms with E-state index in [-0.39, 0.29) is 24.6 Å². The maximum Gasteiger partial charge on any atom is 0.417 e. The van der Waals surface area contributed by atoms with Gasteiger partial charge >= 0.3 is 6.18 Å². The van der Waals surface area contributed by atoms with Crippen LogP contribution in [0.2, 0.25) is 5.02 Å². The molecule has 1 N–H and O–H groups in total. The van der Waals surface area contributed by atoms with E-state index in [1.807, 2.05) is 0 Å².